The first kappa shape index (κ1) is 15.8. The number of amides is 2. The van der Waals surface area contributed by atoms with Gasteiger partial charge in [0.25, 0.3) is 0 Å². The number of piperidine rings is 1. The lowest BCUT2D eigenvalue weighted by Gasteiger charge is -2.32. The van der Waals surface area contributed by atoms with E-state index in [2.05, 4.69) is 21.2 Å². The van der Waals surface area contributed by atoms with Crippen LogP contribution in [0.1, 0.15) is 19.3 Å². The van der Waals surface area contributed by atoms with Crippen molar-refractivity contribution in [1.82, 2.24) is 4.90 Å². The highest BCUT2D eigenvalue weighted by molar-refractivity contribution is 9.10. The molecule has 114 valence electrons. The fourth-order valence-corrected chi connectivity index (χ4v) is 2.81. The van der Waals surface area contributed by atoms with Crippen molar-refractivity contribution in [3.8, 4) is 0 Å². The number of benzene rings is 1. The van der Waals surface area contributed by atoms with Crippen molar-refractivity contribution in [1.29, 1.82) is 0 Å². The molecule has 21 heavy (non-hydrogen) atoms. The third-order valence-electron chi connectivity index (χ3n) is 3.44. The second kappa shape index (κ2) is 6.89. The average Bonchev–Trinajstić information content (AvgIpc) is 2.42. The van der Waals surface area contributed by atoms with E-state index >= 15 is 0 Å². The monoisotopic (exact) mass is 358 g/mol. The Bertz CT molecular complexity index is 553. The maximum absolute atomic E-state index is 13.6. The van der Waals surface area contributed by atoms with E-state index in [1.54, 1.807) is 6.07 Å². The summed E-state index contributed by atoms with van der Waals surface area (Å²) in [6.07, 6.45) is 1.60. The molecule has 2 N–H and O–H groups in total. The second-order valence-electron chi connectivity index (χ2n) is 5.11. The first-order valence-corrected chi connectivity index (χ1v) is 7.48. The Morgan fingerprint density at radius 3 is 2.95 bits per heavy atom. The number of carboxylic acid groups (broad SMARTS) is 1. The minimum atomic E-state index is -0.861. The van der Waals surface area contributed by atoms with E-state index in [-0.39, 0.29) is 18.0 Å². The Balaban J connectivity index is 1.99. The molecule has 7 heteroatoms. The molecule has 0 spiro atoms. The zero-order valence-electron chi connectivity index (χ0n) is 11.3. The first-order chi connectivity index (χ1) is 9.95. The number of nitrogens with one attached hydrogen (secondary N) is 1. The molecule has 0 aromatic heterocycles. The number of rotatable bonds is 3. The summed E-state index contributed by atoms with van der Waals surface area (Å²) < 4.78 is 14.3. The number of likely N-dealkylation sites (tertiary alicyclic amines) is 1. The van der Waals surface area contributed by atoms with Crippen molar-refractivity contribution >= 4 is 33.6 Å². The minimum absolute atomic E-state index is 0.0469. The standard InChI is InChI=1S/C14H16BrFN2O3/c15-10-3-4-11(16)12(7-10)17-14(21)18-5-1-2-9(8-18)6-13(19)20/h3-4,7,9H,1-2,5-6,8H2,(H,17,21)(H,19,20). The van der Waals surface area contributed by atoms with Gasteiger partial charge in [-0.05, 0) is 37.0 Å². The van der Waals surface area contributed by atoms with Gasteiger partial charge in [-0.25, -0.2) is 9.18 Å². The number of hydrogen-bond acceptors (Lipinski definition) is 2. The fraction of sp³-hybridized carbons (Fsp3) is 0.429. The first-order valence-electron chi connectivity index (χ1n) is 6.68. The topological polar surface area (TPSA) is 69.6 Å². The molecule has 1 heterocycles. The number of halogens is 2. The largest absolute Gasteiger partial charge is 0.481 e. The molecule has 1 aromatic rings. The normalized spacial score (nSPS) is 18.4. The highest BCUT2D eigenvalue weighted by atomic mass is 79.9. The molecule has 1 unspecified atom stereocenters. The van der Waals surface area contributed by atoms with Gasteiger partial charge >= 0.3 is 12.0 Å². The molecule has 1 saturated heterocycles. The summed E-state index contributed by atoms with van der Waals surface area (Å²) in [4.78, 5) is 24.4. The van der Waals surface area contributed by atoms with E-state index in [1.165, 1.54) is 17.0 Å². The van der Waals surface area contributed by atoms with Gasteiger partial charge in [0.2, 0.25) is 0 Å². The molecule has 1 aliphatic heterocycles. The van der Waals surface area contributed by atoms with Gasteiger partial charge in [-0.3, -0.25) is 4.79 Å². The van der Waals surface area contributed by atoms with Crippen LogP contribution in [-0.4, -0.2) is 35.1 Å². The van der Waals surface area contributed by atoms with Gasteiger partial charge in [0.1, 0.15) is 5.82 Å². The number of hydrogen-bond donors (Lipinski definition) is 2. The number of aliphatic carboxylic acids is 1. The lowest BCUT2D eigenvalue weighted by molar-refractivity contribution is -0.138. The van der Waals surface area contributed by atoms with E-state index < -0.39 is 17.8 Å². The van der Waals surface area contributed by atoms with Gasteiger partial charge in [-0.15, -0.1) is 0 Å². The molecule has 0 bridgehead atoms. The summed E-state index contributed by atoms with van der Waals surface area (Å²) in [5, 5.41) is 11.3. The molecule has 0 aliphatic carbocycles. The van der Waals surface area contributed by atoms with Gasteiger partial charge in [0.05, 0.1) is 5.69 Å². The molecule has 1 aromatic carbocycles. The number of carboxylic acids is 1. The fourth-order valence-electron chi connectivity index (χ4n) is 2.45. The average molecular weight is 359 g/mol. The Kier molecular flexibility index (Phi) is 5.17. The van der Waals surface area contributed by atoms with Gasteiger partial charge < -0.3 is 15.3 Å². The summed E-state index contributed by atoms with van der Waals surface area (Å²) in [5.41, 5.74) is 0.106. The van der Waals surface area contributed by atoms with Crippen LogP contribution < -0.4 is 5.32 Å². The number of carbonyl (C=O) groups excluding carboxylic acids is 1. The van der Waals surface area contributed by atoms with Gasteiger partial charge in [-0.2, -0.15) is 0 Å². The van der Waals surface area contributed by atoms with E-state index in [9.17, 15) is 14.0 Å². The summed E-state index contributed by atoms with van der Waals surface area (Å²) in [5.74, 6) is -1.42. The van der Waals surface area contributed by atoms with Crippen molar-refractivity contribution in [2.24, 2.45) is 5.92 Å². The van der Waals surface area contributed by atoms with Crippen LogP contribution in [0.5, 0.6) is 0 Å². The molecular formula is C14H16BrFN2O3. The lowest BCUT2D eigenvalue weighted by Crippen LogP contribution is -2.42. The molecule has 1 fully saturated rings. The molecule has 2 amide bonds. The molecule has 0 saturated carbocycles. The van der Waals surface area contributed by atoms with Gasteiger partial charge in [-0.1, -0.05) is 15.9 Å². The quantitative estimate of drug-likeness (QED) is 0.870. The summed E-state index contributed by atoms with van der Waals surface area (Å²) in [6, 6.07) is 3.91. The zero-order chi connectivity index (χ0) is 15.4. The lowest BCUT2D eigenvalue weighted by atomic mass is 9.95. The highest BCUT2D eigenvalue weighted by Gasteiger charge is 2.25. The molecule has 2 rings (SSSR count). The Hall–Kier alpha value is -1.63. The molecule has 1 atom stereocenters. The summed E-state index contributed by atoms with van der Waals surface area (Å²) >= 11 is 3.22. The van der Waals surface area contributed by atoms with Crippen molar-refractivity contribution in [3.05, 3.63) is 28.5 Å². The van der Waals surface area contributed by atoms with Crippen molar-refractivity contribution < 1.29 is 19.1 Å². The number of urea groups is 1. The highest BCUT2D eigenvalue weighted by Crippen LogP contribution is 2.23. The van der Waals surface area contributed by atoms with Crippen molar-refractivity contribution in [2.45, 2.75) is 19.3 Å². The number of carbonyl (C=O) groups is 2. The molecular weight excluding hydrogens is 343 g/mol. The van der Waals surface area contributed by atoms with E-state index in [1.807, 2.05) is 0 Å². The Morgan fingerprint density at radius 1 is 1.48 bits per heavy atom. The van der Waals surface area contributed by atoms with E-state index in [0.717, 1.165) is 12.8 Å². The number of nitrogens with zero attached hydrogens (tertiary/aromatic N) is 1. The third-order valence-corrected chi connectivity index (χ3v) is 3.93. The second-order valence-corrected chi connectivity index (χ2v) is 6.02. The van der Waals surface area contributed by atoms with Crippen LogP contribution in [0.25, 0.3) is 0 Å². The predicted octanol–water partition coefficient (Wildman–Crippen LogP) is 3.31. The number of anilines is 1. The molecule has 0 radical (unpaired) electrons. The van der Waals surface area contributed by atoms with Crippen LogP contribution in [0.15, 0.2) is 22.7 Å². The SMILES string of the molecule is O=C(O)CC1CCCN(C(=O)Nc2cc(Br)ccc2F)C1. The molecule has 5 nitrogen and oxygen atoms in total. The molecule has 1 aliphatic rings. The third kappa shape index (κ3) is 4.42. The van der Waals surface area contributed by atoms with Gasteiger partial charge in [0.15, 0.2) is 0 Å². The van der Waals surface area contributed by atoms with Crippen molar-refractivity contribution in [2.75, 3.05) is 18.4 Å². The Labute approximate surface area is 130 Å². The predicted molar refractivity (Wildman–Crippen MR) is 79.7 cm³/mol. The Morgan fingerprint density at radius 2 is 2.24 bits per heavy atom. The van der Waals surface area contributed by atoms with E-state index in [4.69, 9.17) is 5.11 Å². The summed E-state index contributed by atoms with van der Waals surface area (Å²) in [7, 11) is 0. The van der Waals surface area contributed by atoms with Crippen LogP contribution in [0.4, 0.5) is 14.9 Å². The smallest absolute Gasteiger partial charge is 0.321 e. The van der Waals surface area contributed by atoms with Gasteiger partial charge in [0, 0.05) is 24.0 Å². The maximum Gasteiger partial charge on any atom is 0.321 e. The minimum Gasteiger partial charge on any atom is -0.481 e. The summed E-state index contributed by atoms with van der Waals surface area (Å²) in [6.45, 7) is 0.936. The van der Waals surface area contributed by atoms with Crippen LogP contribution in [0.2, 0.25) is 0 Å². The zero-order valence-corrected chi connectivity index (χ0v) is 12.9. The van der Waals surface area contributed by atoms with Crippen molar-refractivity contribution in [3.63, 3.8) is 0 Å². The maximum atomic E-state index is 13.6. The van der Waals surface area contributed by atoms with Crippen LogP contribution in [-0.2, 0) is 4.79 Å². The van der Waals surface area contributed by atoms with E-state index in [0.29, 0.717) is 17.6 Å². The van der Waals surface area contributed by atoms with Crippen LogP contribution >= 0.6 is 15.9 Å². The van der Waals surface area contributed by atoms with Crippen LogP contribution in [0.3, 0.4) is 0 Å². The van der Waals surface area contributed by atoms with Crippen LogP contribution in [0, 0.1) is 11.7 Å².